The maximum Gasteiger partial charge on any atom is 0.0801 e. The van der Waals surface area contributed by atoms with Gasteiger partial charge in [-0.1, -0.05) is 6.08 Å². The molecule has 0 aliphatic rings. The lowest BCUT2D eigenvalue weighted by Crippen LogP contribution is -1.82. The predicted molar refractivity (Wildman–Crippen MR) is 46.1 cm³/mol. The quantitative estimate of drug-likeness (QED) is 0.672. The van der Waals surface area contributed by atoms with E-state index >= 15 is 0 Å². The van der Waals surface area contributed by atoms with Gasteiger partial charge >= 0.3 is 0 Å². The van der Waals surface area contributed by atoms with Crippen molar-refractivity contribution in [1.82, 2.24) is 4.98 Å². The summed E-state index contributed by atoms with van der Waals surface area (Å²) in [7, 11) is 0. The molecule has 0 radical (unpaired) electrons. The van der Waals surface area contributed by atoms with Crippen LogP contribution in [0.4, 0.5) is 0 Å². The molecule has 0 saturated heterocycles. The topological polar surface area (TPSA) is 36.7 Å². The van der Waals surface area contributed by atoms with Crippen molar-refractivity contribution in [2.24, 2.45) is 0 Å². The molecule has 1 aromatic rings. The number of thiazole rings is 1. The molecule has 0 unspecified atom stereocenters. The monoisotopic (exact) mass is 164 g/mol. The van der Waals surface area contributed by atoms with Crippen molar-refractivity contribution in [3.63, 3.8) is 0 Å². The van der Waals surface area contributed by atoms with Gasteiger partial charge in [0.05, 0.1) is 28.6 Å². The van der Waals surface area contributed by atoms with Gasteiger partial charge < -0.3 is 0 Å². The van der Waals surface area contributed by atoms with Crippen LogP contribution in [0.15, 0.2) is 11.6 Å². The zero-order chi connectivity index (χ0) is 8.10. The Morgan fingerprint density at radius 2 is 2.64 bits per heavy atom. The normalized spacial score (nSPS) is 10.2. The van der Waals surface area contributed by atoms with E-state index < -0.39 is 0 Å². The number of rotatable bonds is 2. The van der Waals surface area contributed by atoms with Crippen LogP contribution in [0.1, 0.15) is 17.5 Å². The number of hydrogen-bond acceptors (Lipinski definition) is 3. The average Bonchev–Trinajstić information content (AvgIpc) is 2.39. The molecular weight excluding hydrogens is 156 g/mol. The van der Waals surface area contributed by atoms with Crippen molar-refractivity contribution in [3.8, 4) is 6.07 Å². The van der Waals surface area contributed by atoms with Crippen LogP contribution in [-0.4, -0.2) is 4.98 Å². The average molecular weight is 164 g/mol. The van der Waals surface area contributed by atoms with E-state index in [1.807, 2.05) is 19.1 Å². The number of aromatic nitrogens is 1. The number of hydrogen-bond donors (Lipinski definition) is 0. The lowest BCUT2D eigenvalue weighted by Gasteiger charge is -1.87. The summed E-state index contributed by atoms with van der Waals surface area (Å²) in [4.78, 5) is 5.16. The molecule has 0 N–H and O–H groups in total. The minimum Gasteiger partial charge on any atom is -0.248 e. The molecule has 56 valence electrons. The van der Waals surface area contributed by atoms with Crippen LogP contribution in [0.5, 0.6) is 0 Å². The lowest BCUT2D eigenvalue weighted by molar-refractivity contribution is 1.15. The third-order valence-corrected chi connectivity index (χ3v) is 2.07. The Kier molecular flexibility index (Phi) is 2.82. The zero-order valence-electron chi connectivity index (χ0n) is 6.24. The first-order valence-electron chi connectivity index (χ1n) is 3.30. The second-order valence-corrected chi connectivity index (χ2v) is 2.88. The maximum atomic E-state index is 8.42. The molecule has 0 spiro atoms. The van der Waals surface area contributed by atoms with Crippen molar-refractivity contribution in [1.29, 1.82) is 5.26 Å². The molecule has 2 nitrogen and oxygen atoms in total. The molecule has 11 heavy (non-hydrogen) atoms. The van der Waals surface area contributed by atoms with E-state index in [4.69, 9.17) is 5.26 Å². The van der Waals surface area contributed by atoms with Crippen LogP contribution in [-0.2, 0) is 6.42 Å². The van der Waals surface area contributed by atoms with Gasteiger partial charge in [0, 0.05) is 0 Å². The highest BCUT2D eigenvalue weighted by molar-refractivity contribution is 7.10. The van der Waals surface area contributed by atoms with Gasteiger partial charge in [-0.25, -0.2) is 4.98 Å². The second kappa shape index (κ2) is 3.89. The fourth-order valence-corrected chi connectivity index (χ4v) is 1.54. The number of nitriles is 1. The van der Waals surface area contributed by atoms with Crippen LogP contribution in [0.25, 0.3) is 6.08 Å². The van der Waals surface area contributed by atoms with Crippen LogP contribution in [0, 0.1) is 11.3 Å². The SMILES string of the molecule is C/C=C\c1scnc1CC#N. The number of nitrogens with zero attached hydrogens (tertiary/aromatic N) is 2. The van der Waals surface area contributed by atoms with E-state index in [1.165, 1.54) is 0 Å². The molecule has 0 saturated carbocycles. The first-order chi connectivity index (χ1) is 5.38. The van der Waals surface area contributed by atoms with E-state index in [0.29, 0.717) is 6.42 Å². The zero-order valence-corrected chi connectivity index (χ0v) is 7.06. The van der Waals surface area contributed by atoms with Gasteiger partial charge in [-0.05, 0) is 13.0 Å². The van der Waals surface area contributed by atoms with Gasteiger partial charge in [-0.2, -0.15) is 5.26 Å². The van der Waals surface area contributed by atoms with Crippen molar-refractivity contribution in [2.45, 2.75) is 13.3 Å². The van der Waals surface area contributed by atoms with Gasteiger partial charge in [0.1, 0.15) is 0 Å². The molecule has 0 aliphatic carbocycles. The van der Waals surface area contributed by atoms with Gasteiger partial charge in [0.2, 0.25) is 0 Å². The fourth-order valence-electron chi connectivity index (χ4n) is 0.773. The third kappa shape index (κ3) is 1.89. The lowest BCUT2D eigenvalue weighted by atomic mass is 10.3. The minimum absolute atomic E-state index is 0.406. The smallest absolute Gasteiger partial charge is 0.0801 e. The second-order valence-electron chi connectivity index (χ2n) is 2.00. The Labute approximate surface area is 69.8 Å². The third-order valence-electron chi connectivity index (χ3n) is 1.24. The van der Waals surface area contributed by atoms with Crippen LogP contribution >= 0.6 is 11.3 Å². The summed E-state index contributed by atoms with van der Waals surface area (Å²) in [5, 5.41) is 8.42. The van der Waals surface area contributed by atoms with Crippen LogP contribution < -0.4 is 0 Å². The van der Waals surface area contributed by atoms with Gasteiger partial charge in [-0.3, -0.25) is 0 Å². The molecule has 3 heteroatoms. The highest BCUT2D eigenvalue weighted by Gasteiger charge is 2.00. The molecule has 0 amide bonds. The molecule has 1 heterocycles. The Morgan fingerprint density at radius 3 is 3.27 bits per heavy atom. The Balaban J connectivity index is 2.88. The van der Waals surface area contributed by atoms with Crippen molar-refractivity contribution < 1.29 is 0 Å². The predicted octanol–water partition coefficient (Wildman–Crippen LogP) is 2.24. The molecule has 0 bridgehead atoms. The van der Waals surface area contributed by atoms with Crippen molar-refractivity contribution in [3.05, 3.63) is 22.2 Å². The highest BCUT2D eigenvalue weighted by atomic mass is 32.1. The summed E-state index contributed by atoms with van der Waals surface area (Å²) in [6, 6.07) is 2.08. The fraction of sp³-hybridized carbons (Fsp3) is 0.250. The number of allylic oxidation sites excluding steroid dienone is 1. The molecule has 0 atom stereocenters. The van der Waals surface area contributed by atoms with Gasteiger partial charge in [-0.15, -0.1) is 11.3 Å². The van der Waals surface area contributed by atoms with E-state index in [9.17, 15) is 0 Å². The van der Waals surface area contributed by atoms with Crippen LogP contribution in [0.3, 0.4) is 0 Å². The molecule has 0 fully saturated rings. The Morgan fingerprint density at radius 1 is 1.82 bits per heavy atom. The molecule has 1 aromatic heterocycles. The molecule has 1 rings (SSSR count). The Hall–Kier alpha value is -1.14. The summed E-state index contributed by atoms with van der Waals surface area (Å²) in [5.74, 6) is 0. The van der Waals surface area contributed by atoms with E-state index in [0.717, 1.165) is 10.6 Å². The summed E-state index contributed by atoms with van der Waals surface area (Å²) >= 11 is 1.57. The van der Waals surface area contributed by atoms with E-state index in [2.05, 4.69) is 11.1 Å². The van der Waals surface area contributed by atoms with Crippen molar-refractivity contribution in [2.75, 3.05) is 0 Å². The van der Waals surface area contributed by atoms with E-state index in [-0.39, 0.29) is 0 Å². The van der Waals surface area contributed by atoms with Crippen LogP contribution in [0.2, 0.25) is 0 Å². The summed E-state index contributed by atoms with van der Waals surface area (Å²) in [6.45, 7) is 1.95. The van der Waals surface area contributed by atoms with Crippen molar-refractivity contribution >= 4 is 17.4 Å². The van der Waals surface area contributed by atoms with Gasteiger partial charge in [0.25, 0.3) is 0 Å². The Bertz CT molecular complexity index is 293. The summed E-state index contributed by atoms with van der Waals surface area (Å²) in [5.41, 5.74) is 2.65. The molecule has 0 aliphatic heterocycles. The highest BCUT2D eigenvalue weighted by Crippen LogP contribution is 2.15. The molecular formula is C8H8N2S. The summed E-state index contributed by atoms with van der Waals surface area (Å²) in [6.07, 6.45) is 4.34. The molecule has 0 aromatic carbocycles. The van der Waals surface area contributed by atoms with Gasteiger partial charge in [0.15, 0.2) is 0 Å². The maximum absolute atomic E-state index is 8.42. The minimum atomic E-state index is 0.406. The first-order valence-corrected chi connectivity index (χ1v) is 4.18. The first kappa shape index (κ1) is 7.96. The summed E-state index contributed by atoms with van der Waals surface area (Å²) < 4.78 is 0. The standard InChI is InChI=1S/C8H8N2S/c1-2-3-8-7(4-5-9)10-6-11-8/h2-3,6H,4H2,1H3/b3-2-. The largest absolute Gasteiger partial charge is 0.248 e. The van der Waals surface area contributed by atoms with E-state index in [1.54, 1.807) is 16.8 Å².